The number of benzene rings is 1. The van der Waals surface area contributed by atoms with Crippen LogP contribution in [-0.4, -0.2) is 19.8 Å². The molecule has 1 aromatic heterocycles. The minimum absolute atomic E-state index is 0.00711. The summed E-state index contributed by atoms with van der Waals surface area (Å²) in [7, 11) is 0. The normalized spacial score (nSPS) is 10.8. The van der Waals surface area contributed by atoms with Crippen LogP contribution in [0.25, 0.3) is 10.9 Å². The van der Waals surface area contributed by atoms with Crippen LogP contribution in [0.4, 0.5) is 3.89 Å². The Kier molecular flexibility index (Phi) is 4.71. The van der Waals surface area contributed by atoms with Crippen LogP contribution in [0.5, 0.6) is 0 Å². The predicted octanol–water partition coefficient (Wildman–Crippen LogP) is 4.24. The van der Waals surface area contributed by atoms with Gasteiger partial charge in [0.1, 0.15) is 12.1 Å². The van der Waals surface area contributed by atoms with Gasteiger partial charge in [-0.2, -0.15) is 9.19 Å². The molecule has 0 fully saturated rings. The van der Waals surface area contributed by atoms with Crippen LogP contribution in [-0.2, 0) is 11.3 Å². The standard InChI is InChI=1S/C10H8ClFN2OS3/c1-17-10(16)15-5-6-2-3-8(11)9-7(6)4-13-14(9)18-12/h2-4H,5H2,1H3. The first-order valence-electron chi connectivity index (χ1n) is 4.82. The molecule has 0 saturated heterocycles. The monoisotopic (exact) mass is 322 g/mol. The quantitative estimate of drug-likeness (QED) is 0.788. The number of aromatic nitrogens is 2. The Balaban J connectivity index is 2.37. The minimum Gasteiger partial charge on any atom is -0.474 e. The molecule has 0 aliphatic rings. The first-order valence-corrected chi connectivity index (χ1v) is 7.50. The number of ether oxygens (including phenoxy) is 1. The van der Waals surface area contributed by atoms with E-state index < -0.39 is 0 Å². The van der Waals surface area contributed by atoms with E-state index in [0.717, 1.165) is 15.0 Å². The van der Waals surface area contributed by atoms with Crippen LogP contribution in [0, 0.1) is 0 Å². The average molecular weight is 323 g/mol. The summed E-state index contributed by atoms with van der Waals surface area (Å²) in [6.07, 6.45) is 3.41. The molecule has 8 heteroatoms. The van der Waals surface area contributed by atoms with Crippen molar-refractivity contribution in [2.75, 3.05) is 6.26 Å². The Labute approximate surface area is 122 Å². The second-order valence-corrected chi connectivity index (χ2v) is 5.60. The first-order chi connectivity index (χ1) is 8.67. The molecule has 96 valence electrons. The zero-order valence-electron chi connectivity index (χ0n) is 9.22. The van der Waals surface area contributed by atoms with Gasteiger partial charge in [0.25, 0.3) is 0 Å². The maximum absolute atomic E-state index is 12.7. The summed E-state index contributed by atoms with van der Waals surface area (Å²) in [5, 5.41) is 5.12. The van der Waals surface area contributed by atoms with Gasteiger partial charge in [0, 0.05) is 10.9 Å². The van der Waals surface area contributed by atoms with Crippen LogP contribution in [0.15, 0.2) is 18.3 Å². The highest BCUT2D eigenvalue weighted by Gasteiger charge is 2.12. The smallest absolute Gasteiger partial charge is 0.220 e. The number of fused-ring (bicyclic) bond motifs is 1. The third-order valence-corrected chi connectivity index (χ3v) is 4.10. The van der Waals surface area contributed by atoms with Crippen molar-refractivity contribution in [2.45, 2.75) is 6.61 Å². The second-order valence-electron chi connectivity index (χ2n) is 3.30. The number of nitrogens with zero attached hydrogens (tertiary/aromatic N) is 2. The van der Waals surface area contributed by atoms with Gasteiger partial charge in [-0.25, -0.2) is 0 Å². The van der Waals surface area contributed by atoms with Crippen LogP contribution in [0.2, 0.25) is 5.02 Å². The van der Waals surface area contributed by atoms with Crippen molar-refractivity contribution >= 4 is 63.2 Å². The van der Waals surface area contributed by atoms with E-state index >= 15 is 0 Å². The van der Waals surface area contributed by atoms with Crippen LogP contribution in [0.3, 0.4) is 0 Å². The third-order valence-electron chi connectivity index (χ3n) is 2.32. The predicted molar refractivity (Wildman–Crippen MR) is 79.7 cm³/mol. The molecule has 0 atom stereocenters. The van der Waals surface area contributed by atoms with Gasteiger partial charge >= 0.3 is 0 Å². The number of thioether (sulfide) groups is 1. The Hall–Kier alpha value is -0.500. The van der Waals surface area contributed by atoms with Gasteiger partial charge in [0.2, 0.25) is 4.38 Å². The molecule has 0 bridgehead atoms. The summed E-state index contributed by atoms with van der Waals surface area (Å²) in [5.41, 5.74) is 1.41. The zero-order valence-corrected chi connectivity index (χ0v) is 12.4. The van der Waals surface area contributed by atoms with Gasteiger partial charge in [-0.3, -0.25) is 0 Å². The second kappa shape index (κ2) is 6.10. The van der Waals surface area contributed by atoms with E-state index in [0.29, 0.717) is 21.5 Å². The number of hydrogen-bond acceptors (Lipinski definition) is 5. The highest BCUT2D eigenvalue weighted by atomic mass is 35.5. The molecule has 2 rings (SSSR count). The van der Waals surface area contributed by atoms with E-state index in [1.807, 2.05) is 12.3 Å². The molecule has 0 spiro atoms. The molecule has 0 amide bonds. The van der Waals surface area contributed by atoms with E-state index in [2.05, 4.69) is 5.10 Å². The number of halogens is 2. The summed E-state index contributed by atoms with van der Waals surface area (Å²) < 4.78 is 19.7. The van der Waals surface area contributed by atoms with Crippen molar-refractivity contribution in [1.82, 2.24) is 9.19 Å². The zero-order chi connectivity index (χ0) is 13.1. The largest absolute Gasteiger partial charge is 0.474 e. The lowest BCUT2D eigenvalue weighted by Gasteiger charge is -2.07. The van der Waals surface area contributed by atoms with Gasteiger partial charge < -0.3 is 4.74 Å². The number of hydrogen-bond donors (Lipinski definition) is 0. The Morgan fingerprint density at radius 2 is 2.39 bits per heavy atom. The maximum atomic E-state index is 12.7. The van der Waals surface area contributed by atoms with Crippen molar-refractivity contribution in [3.05, 3.63) is 28.9 Å². The lowest BCUT2D eigenvalue weighted by Crippen LogP contribution is -1.97. The fraction of sp³-hybridized carbons (Fsp3) is 0.200. The van der Waals surface area contributed by atoms with E-state index in [4.69, 9.17) is 28.6 Å². The minimum atomic E-state index is 0.00711. The molecule has 1 heterocycles. The van der Waals surface area contributed by atoms with Crippen LogP contribution >= 0.6 is 47.9 Å². The lowest BCUT2D eigenvalue weighted by atomic mass is 10.1. The molecule has 3 nitrogen and oxygen atoms in total. The highest BCUT2D eigenvalue weighted by molar-refractivity contribution is 8.22. The molecule has 0 aliphatic carbocycles. The fourth-order valence-corrected chi connectivity index (χ4v) is 2.38. The number of thiocarbonyl (C=S) groups is 1. The van der Waals surface area contributed by atoms with E-state index in [-0.39, 0.29) is 12.3 Å². The van der Waals surface area contributed by atoms with Gasteiger partial charge in [0.15, 0.2) is 12.3 Å². The molecule has 0 unspecified atom stereocenters. The molecule has 0 aliphatic heterocycles. The summed E-state index contributed by atoms with van der Waals surface area (Å²) in [6.45, 7) is 0.315. The molecule has 18 heavy (non-hydrogen) atoms. The first kappa shape index (κ1) is 13.9. The molecule has 0 N–H and O–H groups in total. The van der Waals surface area contributed by atoms with E-state index in [1.54, 1.807) is 12.3 Å². The van der Waals surface area contributed by atoms with Gasteiger partial charge in [-0.05, 0) is 24.5 Å². The van der Waals surface area contributed by atoms with Crippen molar-refractivity contribution in [3.63, 3.8) is 0 Å². The highest BCUT2D eigenvalue weighted by Crippen LogP contribution is 2.29. The van der Waals surface area contributed by atoms with Gasteiger partial charge in [-0.1, -0.05) is 29.4 Å². The third kappa shape index (κ3) is 2.74. The van der Waals surface area contributed by atoms with Gasteiger partial charge in [0.05, 0.1) is 11.2 Å². The van der Waals surface area contributed by atoms with E-state index in [1.165, 1.54) is 11.8 Å². The van der Waals surface area contributed by atoms with Crippen molar-refractivity contribution in [1.29, 1.82) is 0 Å². The molecule has 0 radical (unpaired) electrons. The summed E-state index contributed by atoms with van der Waals surface area (Å²) in [4.78, 5) is 0. The summed E-state index contributed by atoms with van der Waals surface area (Å²) in [5.74, 6) is 0. The topological polar surface area (TPSA) is 27.1 Å². The Bertz CT molecular complexity index is 590. The molecular formula is C10H8ClFN2OS3. The van der Waals surface area contributed by atoms with Crippen molar-refractivity contribution in [2.24, 2.45) is 0 Å². The molecule has 1 aromatic carbocycles. The van der Waals surface area contributed by atoms with Crippen molar-refractivity contribution in [3.8, 4) is 0 Å². The maximum Gasteiger partial charge on any atom is 0.220 e. The van der Waals surface area contributed by atoms with Crippen LogP contribution < -0.4 is 0 Å². The SMILES string of the molecule is CSC(=S)OCc1ccc(Cl)c2c1cnn2SF. The lowest BCUT2D eigenvalue weighted by molar-refractivity contribution is 0.312. The summed E-state index contributed by atoms with van der Waals surface area (Å²) >= 11 is 12.4. The molecular weight excluding hydrogens is 315 g/mol. The van der Waals surface area contributed by atoms with Crippen molar-refractivity contribution < 1.29 is 8.62 Å². The summed E-state index contributed by atoms with van der Waals surface area (Å²) in [6, 6.07) is 3.52. The average Bonchev–Trinajstić information content (AvgIpc) is 2.82. The van der Waals surface area contributed by atoms with E-state index in [9.17, 15) is 3.89 Å². The van der Waals surface area contributed by atoms with Crippen LogP contribution in [0.1, 0.15) is 5.56 Å². The molecule has 2 aromatic rings. The van der Waals surface area contributed by atoms with Gasteiger partial charge in [-0.15, -0.1) is 3.89 Å². The number of rotatable bonds is 3. The molecule has 0 saturated carbocycles. The Morgan fingerprint density at radius 3 is 3.06 bits per heavy atom. The fourth-order valence-electron chi connectivity index (χ4n) is 1.50. The Morgan fingerprint density at radius 1 is 1.61 bits per heavy atom.